The first-order chi connectivity index (χ1) is 9.00. The maximum absolute atomic E-state index is 13.1. The van der Waals surface area contributed by atoms with E-state index < -0.39 is 18.2 Å². The molecule has 106 valence electrons. The molecular formula is C14H20FNO3. The van der Waals surface area contributed by atoms with Gasteiger partial charge in [-0.25, -0.2) is 4.39 Å². The average Bonchev–Trinajstić information content (AvgIpc) is 2.38. The summed E-state index contributed by atoms with van der Waals surface area (Å²) in [6.45, 7) is 2.85. The van der Waals surface area contributed by atoms with E-state index in [1.807, 2.05) is 44.2 Å². The van der Waals surface area contributed by atoms with Gasteiger partial charge in [0.1, 0.15) is 6.67 Å². The molecule has 2 N–H and O–H groups in total. The molecule has 5 heteroatoms. The summed E-state index contributed by atoms with van der Waals surface area (Å²) < 4.78 is 13.1. The number of carboxylic acid groups (broad SMARTS) is 1. The van der Waals surface area contributed by atoms with Crippen LogP contribution in [0.25, 0.3) is 0 Å². The SMILES string of the molecule is CC(C)C[C@@](CF)(NOCc1ccccc1)C(=O)O. The van der Waals surface area contributed by atoms with Gasteiger partial charge in [0.25, 0.3) is 0 Å². The summed E-state index contributed by atoms with van der Waals surface area (Å²) in [5, 5.41) is 9.19. The Morgan fingerprint density at radius 1 is 1.42 bits per heavy atom. The molecule has 0 aromatic heterocycles. The van der Waals surface area contributed by atoms with E-state index in [9.17, 15) is 14.3 Å². The summed E-state index contributed by atoms with van der Waals surface area (Å²) in [5.41, 5.74) is 1.60. The maximum atomic E-state index is 13.1. The van der Waals surface area contributed by atoms with Gasteiger partial charge in [0.15, 0.2) is 5.54 Å². The fraction of sp³-hybridized carbons (Fsp3) is 0.500. The molecule has 0 aliphatic heterocycles. The number of benzene rings is 1. The largest absolute Gasteiger partial charge is 0.480 e. The molecule has 0 unspecified atom stereocenters. The smallest absolute Gasteiger partial charge is 0.328 e. The van der Waals surface area contributed by atoms with E-state index in [-0.39, 0.29) is 18.9 Å². The third kappa shape index (κ3) is 4.61. The summed E-state index contributed by atoms with van der Waals surface area (Å²) in [6, 6.07) is 9.28. The number of aliphatic carboxylic acids is 1. The molecule has 0 spiro atoms. The molecule has 1 aromatic rings. The molecule has 0 bridgehead atoms. The normalized spacial score (nSPS) is 14.3. The van der Waals surface area contributed by atoms with Crippen molar-refractivity contribution in [1.29, 1.82) is 0 Å². The number of carbonyl (C=O) groups is 1. The Labute approximate surface area is 112 Å². The molecule has 0 saturated carbocycles. The lowest BCUT2D eigenvalue weighted by molar-refractivity contribution is -0.157. The lowest BCUT2D eigenvalue weighted by Gasteiger charge is -2.28. The van der Waals surface area contributed by atoms with Crippen molar-refractivity contribution in [3.05, 3.63) is 35.9 Å². The molecule has 0 amide bonds. The molecule has 0 heterocycles. The van der Waals surface area contributed by atoms with Gasteiger partial charge in [-0.2, -0.15) is 5.48 Å². The Morgan fingerprint density at radius 2 is 2.05 bits per heavy atom. The van der Waals surface area contributed by atoms with Gasteiger partial charge in [-0.3, -0.25) is 9.63 Å². The Hall–Kier alpha value is -1.46. The molecule has 0 aliphatic rings. The highest BCUT2D eigenvalue weighted by Crippen LogP contribution is 2.19. The zero-order chi connectivity index (χ0) is 14.3. The van der Waals surface area contributed by atoms with Crippen molar-refractivity contribution in [2.75, 3.05) is 6.67 Å². The predicted octanol–water partition coefficient (Wildman–Crippen LogP) is 2.55. The minimum Gasteiger partial charge on any atom is -0.480 e. The van der Waals surface area contributed by atoms with Crippen LogP contribution in [0.3, 0.4) is 0 Å². The second-order valence-corrected chi connectivity index (χ2v) is 5.00. The molecule has 0 saturated heterocycles. The number of alkyl halides is 1. The third-order valence-corrected chi connectivity index (χ3v) is 2.74. The van der Waals surface area contributed by atoms with Crippen LogP contribution in [0, 0.1) is 5.92 Å². The number of nitrogens with one attached hydrogen (secondary N) is 1. The van der Waals surface area contributed by atoms with Crippen LogP contribution >= 0.6 is 0 Å². The highest BCUT2D eigenvalue weighted by Gasteiger charge is 2.40. The zero-order valence-corrected chi connectivity index (χ0v) is 11.2. The van der Waals surface area contributed by atoms with E-state index in [1.165, 1.54) is 0 Å². The quantitative estimate of drug-likeness (QED) is 0.712. The number of hydroxylamine groups is 1. The molecule has 0 aliphatic carbocycles. The number of halogens is 1. The van der Waals surface area contributed by atoms with Crippen molar-refractivity contribution in [1.82, 2.24) is 5.48 Å². The molecule has 1 aromatic carbocycles. The Morgan fingerprint density at radius 3 is 2.53 bits per heavy atom. The molecule has 1 rings (SSSR count). The first-order valence-corrected chi connectivity index (χ1v) is 6.22. The first kappa shape index (κ1) is 15.6. The zero-order valence-electron chi connectivity index (χ0n) is 11.2. The van der Waals surface area contributed by atoms with Crippen LogP contribution < -0.4 is 5.48 Å². The average molecular weight is 269 g/mol. The van der Waals surface area contributed by atoms with Gasteiger partial charge >= 0.3 is 5.97 Å². The lowest BCUT2D eigenvalue weighted by Crippen LogP contribution is -2.54. The maximum Gasteiger partial charge on any atom is 0.328 e. The number of rotatable bonds is 8. The molecule has 0 fully saturated rings. The van der Waals surface area contributed by atoms with E-state index in [2.05, 4.69) is 5.48 Å². The van der Waals surface area contributed by atoms with Crippen molar-refractivity contribution < 1.29 is 19.1 Å². The van der Waals surface area contributed by atoms with Crippen LogP contribution in [0.2, 0.25) is 0 Å². The van der Waals surface area contributed by atoms with Crippen LogP contribution in [0.1, 0.15) is 25.8 Å². The molecule has 4 nitrogen and oxygen atoms in total. The highest BCUT2D eigenvalue weighted by atomic mass is 19.1. The van der Waals surface area contributed by atoms with E-state index in [1.54, 1.807) is 0 Å². The lowest BCUT2D eigenvalue weighted by atomic mass is 9.91. The van der Waals surface area contributed by atoms with Gasteiger partial charge in [-0.1, -0.05) is 44.2 Å². The van der Waals surface area contributed by atoms with Gasteiger partial charge in [-0.15, -0.1) is 0 Å². The summed E-state index contributed by atoms with van der Waals surface area (Å²) in [5.74, 6) is -1.20. The highest BCUT2D eigenvalue weighted by molar-refractivity contribution is 5.78. The fourth-order valence-corrected chi connectivity index (χ4v) is 1.84. The van der Waals surface area contributed by atoms with Crippen molar-refractivity contribution in [3.8, 4) is 0 Å². The van der Waals surface area contributed by atoms with Crippen molar-refractivity contribution in [2.24, 2.45) is 5.92 Å². The first-order valence-electron chi connectivity index (χ1n) is 6.22. The van der Waals surface area contributed by atoms with Crippen molar-refractivity contribution in [3.63, 3.8) is 0 Å². The van der Waals surface area contributed by atoms with Gasteiger partial charge in [-0.05, 0) is 17.9 Å². The summed E-state index contributed by atoms with van der Waals surface area (Å²) >= 11 is 0. The molecule has 19 heavy (non-hydrogen) atoms. The Kier molecular flexibility index (Phi) is 5.92. The minimum atomic E-state index is -1.68. The van der Waals surface area contributed by atoms with Gasteiger partial charge in [0.05, 0.1) is 6.61 Å². The van der Waals surface area contributed by atoms with Crippen LogP contribution in [0.4, 0.5) is 4.39 Å². The number of carboxylic acids is 1. The van der Waals surface area contributed by atoms with Crippen LogP contribution in [-0.2, 0) is 16.2 Å². The monoisotopic (exact) mass is 269 g/mol. The second-order valence-electron chi connectivity index (χ2n) is 5.00. The van der Waals surface area contributed by atoms with Crippen molar-refractivity contribution >= 4 is 5.97 Å². The number of hydrogen-bond donors (Lipinski definition) is 2. The molecule has 0 radical (unpaired) electrons. The Bertz CT molecular complexity index is 397. The molecule has 1 atom stereocenters. The van der Waals surface area contributed by atoms with E-state index in [0.717, 1.165) is 5.56 Å². The summed E-state index contributed by atoms with van der Waals surface area (Å²) in [4.78, 5) is 16.4. The van der Waals surface area contributed by atoms with E-state index in [0.29, 0.717) is 0 Å². The third-order valence-electron chi connectivity index (χ3n) is 2.74. The van der Waals surface area contributed by atoms with Gasteiger partial charge in [0.2, 0.25) is 0 Å². The van der Waals surface area contributed by atoms with Crippen LogP contribution in [0.15, 0.2) is 30.3 Å². The van der Waals surface area contributed by atoms with Crippen LogP contribution in [0.5, 0.6) is 0 Å². The van der Waals surface area contributed by atoms with E-state index >= 15 is 0 Å². The van der Waals surface area contributed by atoms with Gasteiger partial charge < -0.3 is 5.11 Å². The minimum absolute atomic E-state index is 0.0414. The summed E-state index contributed by atoms with van der Waals surface area (Å²) in [7, 11) is 0. The van der Waals surface area contributed by atoms with E-state index in [4.69, 9.17) is 4.84 Å². The fourth-order valence-electron chi connectivity index (χ4n) is 1.84. The van der Waals surface area contributed by atoms with Crippen LogP contribution in [-0.4, -0.2) is 23.3 Å². The number of hydrogen-bond acceptors (Lipinski definition) is 3. The summed E-state index contributed by atoms with van der Waals surface area (Å²) in [6.07, 6.45) is 0.160. The van der Waals surface area contributed by atoms with Gasteiger partial charge in [0, 0.05) is 0 Å². The van der Waals surface area contributed by atoms with Crippen molar-refractivity contribution in [2.45, 2.75) is 32.4 Å². The topological polar surface area (TPSA) is 58.6 Å². The Balaban J connectivity index is 2.60. The second kappa shape index (κ2) is 7.21. The molecular weight excluding hydrogens is 249 g/mol. The standard InChI is InChI=1S/C14H20FNO3/c1-11(2)8-14(10-15,13(17)18)16-19-9-12-6-4-3-5-7-12/h3-7,11,16H,8-10H2,1-2H3,(H,17,18)/t14-/m0/s1. The predicted molar refractivity (Wildman–Crippen MR) is 70.2 cm³/mol.